The number of fused-ring (bicyclic) bond motifs is 1. The van der Waals surface area contributed by atoms with Crippen molar-refractivity contribution in [3.8, 4) is 0 Å². The molecule has 1 unspecified atom stereocenters. The largest absolute Gasteiger partial charge is 0.356 e. The number of thiazole rings is 1. The van der Waals surface area contributed by atoms with E-state index in [0.29, 0.717) is 18.4 Å². The average Bonchev–Trinajstić information content (AvgIpc) is 3.08. The Morgan fingerprint density at radius 1 is 1.55 bits per heavy atom. The Labute approximate surface area is 121 Å². The van der Waals surface area contributed by atoms with Crippen LogP contribution < -0.4 is 15.5 Å². The van der Waals surface area contributed by atoms with Crippen LogP contribution in [0.2, 0.25) is 0 Å². The highest BCUT2D eigenvalue weighted by molar-refractivity contribution is 7.22. The molecule has 2 aromatic rings. The number of carbonyl (C=O) groups is 1. The zero-order chi connectivity index (χ0) is 14.6. The lowest BCUT2D eigenvalue weighted by atomic mass is 10.00. The van der Waals surface area contributed by atoms with E-state index in [1.807, 2.05) is 12.1 Å². The highest BCUT2D eigenvalue weighted by Crippen LogP contribution is 2.34. The van der Waals surface area contributed by atoms with Crippen LogP contribution >= 0.6 is 11.3 Å². The maximum Gasteiger partial charge on any atom is 0.253 e. The predicted octanol–water partition coefficient (Wildman–Crippen LogP) is 1.44. The first-order chi connectivity index (χ1) is 10.1. The third-order valence-electron chi connectivity index (χ3n) is 3.85. The molecule has 0 bridgehead atoms. The number of aromatic nitrogens is 1. The number of carbonyl (C=O) groups excluding carboxylic acids is 1. The Morgan fingerprint density at radius 3 is 3.25 bits per heavy atom. The Balaban J connectivity index is 1.65. The fourth-order valence-corrected chi connectivity index (χ4v) is 3.81. The van der Waals surface area contributed by atoms with E-state index in [1.165, 1.54) is 0 Å². The van der Waals surface area contributed by atoms with Crippen molar-refractivity contribution in [2.75, 3.05) is 18.0 Å². The van der Waals surface area contributed by atoms with E-state index in [-0.39, 0.29) is 5.91 Å². The molecule has 0 radical (unpaired) electrons. The lowest BCUT2D eigenvalue weighted by Gasteiger charge is -2.21. The summed E-state index contributed by atoms with van der Waals surface area (Å²) in [5.41, 5.74) is 0.329. The monoisotopic (exact) mass is 288 g/mol. The minimum atomic E-state index is -0.574. The van der Waals surface area contributed by atoms with E-state index in [9.17, 15) is 4.79 Å². The van der Waals surface area contributed by atoms with E-state index in [1.54, 1.807) is 17.4 Å². The molecule has 1 atom stereocenters. The van der Waals surface area contributed by atoms with Crippen molar-refractivity contribution in [2.24, 2.45) is 0 Å². The Kier molecular flexibility index (Phi) is 2.11. The van der Waals surface area contributed by atoms with E-state index in [2.05, 4.69) is 27.1 Å². The molecule has 4 rings (SSSR count). The zero-order valence-electron chi connectivity index (χ0n) is 11.8. The summed E-state index contributed by atoms with van der Waals surface area (Å²) in [6, 6.07) is 5.92. The van der Waals surface area contributed by atoms with E-state index < -0.39 is 5.54 Å². The second-order valence-electron chi connectivity index (χ2n) is 5.20. The van der Waals surface area contributed by atoms with Crippen LogP contribution in [-0.4, -0.2) is 29.5 Å². The molecule has 0 aliphatic carbocycles. The molecule has 0 saturated carbocycles. The van der Waals surface area contributed by atoms with Gasteiger partial charge in [0.1, 0.15) is 5.54 Å². The highest BCUT2D eigenvalue weighted by Gasteiger charge is 2.49. The Hall–Kier alpha value is -2.08. The van der Waals surface area contributed by atoms with Crippen molar-refractivity contribution >= 4 is 32.6 Å². The number of nitrogens with zero attached hydrogens (tertiary/aromatic N) is 2. The molecule has 102 valence electrons. The number of hydrogen-bond acceptors (Lipinski definition) is 5. The standard InChI is InChI=1S/C14H14N4OS/c1-9-15-12(19)14(17-9)6-7-18(8-14)13-16-10-4-2-3-5-11(10)20-13/h2-5,17H,1,6-8H2,(H,15,19)/i3T. The first-order valence-electron chi connectivity index (χ1n) is 6.96. The average molecular weight is 288 g/mol. The van der Waals surface area contributed by atoms with E-state index in [0.717, 1.165) is 28.3 Å². The molecule has 2 N–H and O–H groups in total. The first-order valence-corrected chi connectivity index (χ1v) is 7.28. The molecule has 1 aromatic carbocycles. The molecule has 1 amide bonds. The number of rotatable bonds is 1. The quantitative estimate of drug-likeness (QED) is 0.833. The van der Waals surface area contributed by atoms with Crippen molar-refractivity contribution in [1.82, 2.24) is 15.6 Å². The Bertz CT molecular complexity index is 773. The van der Waals surface area contributed by atoms with Gasteiger partial charge in [0, 0.05) is 6.54 Å². The third kappa shape index (κ3) is 1.61. The van der Waals surface area contributed by atoms with Gasteiger partial charge >= 0.3 is 0 Å². The molecule has 2 saturated heterocycles. The normalized spacial score (nSPS) is 26.2. The van der Waals surface area contributed by atoms with Gasteiger partial charge < -0.3 is 15.5 Å². The molecule has 1 aromatic heterocycles. The van der Waals surface area contributed by atoms with Crippen LogP contribution in [0.1, 0.15) is 7.79 Å². The van der Waals surface area contributed by atoms with Crippen LogP contribution in [0.3, 0.4) is 0 Å². The summed E-state index contributed by atoms with van der Waals surface area (Å²) in [7, 11) is 0. The summed E-state index contributed by atoms with van der Waals surface area (Å²) in [5.74, 6) is 0.564. The second-order valence-corrected chi connectivity index (χ2v) is 6.21. The van der Waals surface area contributed by atoms with Gasteiger partial charge in [-0.15, -0.1) is 0 Å². The van der Waals surface area contributed by atoms with Crippen LogP contribution in [0, 0.1) is 0 Å². The molecule has 6 heteroatoms. The maximum atomic E-state index is 12.1. The van der Waals surface area contributed by atoms with Gasteiger partial charge in [-0.05, 0) is 18.6 Å². The molecule has 20 heavy (non-hydrogen) atoms. The van der Waals surface area contributed by atoms with Crippen LogP contribution in [0.5, 0.6) is 0 Å². The summed E-state index contributed by atoms with van der Waals surface area (Å²) in [4.78, 5) is 18.8. The predicted molar refractivity (Wildman–Crippen MR) is 79.6 cm³/mol. The van der Waals surface area contributed by atoms with Crippen molar-refractivity contribution in [1.29, 1.82) is 0 Å². The molecule has 5 nitrogen and oxygen atoms in total. The second kappa shape index (κ2) is 3.96. The fourth-order valence-electron chi connectivity index (χ4n) is 2.83. The van der Waals surface area contributed by atoms with Crippen molar-refractivity contribution in [2.45, 2.75) is 12.0 Å². The summed E-state index contributed by atoms with van der Waals surface area (Å²) in [6.45, 7) is 5.14. The number of anilines is 1. The SMILES string of the molecule is [3H]c1ccc2nc(N3CCC4(C3)NC(=C)NC4=O)sc2c1. The fraction of sp³-hybridized carbons (Fsp3) is 0.286. The van der Waals surface area contributed by atoms with Gasteiger partial charge in [-0.25, -0.2) is 4.98 Å². The van der Waals surface area contributed by atoms with Gasteiger partial charge in [-0.1, -0.05) is 30.0 Å². The number of amides is 1. The van der Waals surface area contributed by atoms with Gasteiger partial charge in [0.15, 0.2) is 5.13 Å². The van der Waals surface area contributed by atoms with Gasteiger partial charge in [0.2, 0.25) is 0 Å². The molecule has 1 spiro atoms. The number of benzene rings is 1. The molecule has 2 aliphatic heterocycles. The minimum Gasteiger partial charge on any atom is -0.356 e. The van der Waals surface area contributed by atoms with E-state index in [4.69, 9.17) is 1.37 Å². The van der Waals surface area contributed by atoms with Crippen molar-refractivity contribution < 1.29 is 6.17 Å². The summed E-state index contributed by atoms with van der Waals surface area (Å²) >= 11 is 1.57. The minimum absolute atomic E-state index is 0.00967. The summed E-state index contributed by atoms with van der Waals surface area (Å²) < 4.78 is 8.67. The van der Waals surface area contributed by atoms with Crippen LogP contribution in [0.25, 0.3) is 10.2 Å². The highest BCUT2D eigenvalue weighted by atomic mass is 32.1. The molecular weight excluding hydrogens is 272 g/mol. The Morgan fingerprint density at radius 2 is 2.45 bits per heavy atom. The number of nitrogens with one attached hydrogen (secondary N) is 2. The number of para-hydroxylation sites is 1. The lowest BCUT2D eigenvalue weighted by molar-refractivity contribution is -0.123. The third-order valence-corrected chi connectivity index (χ3v) is 4.93. The first kappa shape index (κ1) is 10.7. The smallest absolute Gasteiger partial charge is 0.253 e. The number of hydrogen-bond donors (Lipinski definition) is 2. The van der Waals surface area contributed by atoms with Crippen LogP contribution in [0.15, 0.2) is 36.6 Å². The maximum absolute atomic E-state index is 12.1. The van der Waals surface area contributed by atoms with Crippen molar-refractivity contribution in [3.63, 3.8) is 0 Å². The molecule has 3 heterocycles. The van der Waals surface area contributed by atoms with E-state index >= 15 is 0 Å². The topological polar surface area (TPSA) is 57.3 Å². The molecule has 2 aliphatic rings. The van der Waals surface area contributed by atoms with Gasteiger partial charge in [-0.3, -0.25) is 4.79 Å². The van der Waals surface area contributed by atoms with Gasteiger partial charge in [0.05, 0.1) is 24.0 Å². The van der Waals surface area contributed by atoms with Crippen molar-refractivity contribution in [3.05, 3.63) is 36.6 Å². The molecular formula is C14H14N4OS. The lowest BCUT2D eigenvalue weighted by Crippen LogP contribution is -2.48. The molecule has 2 fully saturated rings. The van der Waals surface area contributed by atoms with Crippen LogP contribution in [-0.2, 0) is 4.79 Å². The summed E-state index contributed by atoms with van der Waals surface area (Å²) in [5, 5.41) is 6.82. The summed E-state index contributed by atoms with van der Waals surface area (Å²) in [6.07, 6.45) is 0.734. The zero-order valence-corrected chi connectivity index (χ0v) is 11.6. The van der Waals surface area contributed by atoms with Gasteiger partial charge in [-0.2, -0.15) is 0 Å². The van der Waals surface area contributed by atoms with Crippen LogP contribution in [0.4, 0.5) is 5.13 Å². The van der Waals surface area contributed by atoms with Gasteiger partial charge in [0.25, 0.3) is 5.91 Å².